The first kappa shape index (κ1) is 25.6. The van der Waals surface area contributed by atoms with Gasteiger partial charge >= 0.3 is 0 Å². The molecule has 1 heterocycles. The lowest BCUT2D eigenvalue weighted by Gasteiger charge is -2.32. The molecular weight excluding hydrogens is 507 g/mol. The van der Waals surface area contributed by atoms with Crippen molar-refractivity contribution < 1.29 is 5.11 Å². The third-order valence-corrected chi connectivity index (χ3v) is 7.30. The van der Waals surface area contributed by atoms with E-state index in [-0.39, 0.29) is 24.0 Å². The Morgan fingerprint density at radius 3 is 2.50 bits per heavy atom. The molecule has 0 radical (unpaired) electrons. The summed E-state index contributed by atoms with van der Waals surface area (Å²) in [6, 6.07) is 9.37. The average Bonchev–Trinajstić information content (AvgIpc) is 3.20. The Kier molecular flexibility index (Phi) is 11.7. The zero-order chi connectivity index (χ0) is 20.5. The topological polar surface area (TPSA) is 59.9 Å². The molecule has 1 aliphatic carbocycles. The molecule has 0 bridgehead atoms. The van der Waals surface area contributed by atoms with Gasteiger partial charge in [0.1, 0.15) is 0 Å². The van der Waals surface area contributed by atoms with E-state index >= 15 is 0 Å². The summed E-state index contributed by atoms with van der Waals surface area (Å²) in [5.74, 6) is 2.63. The third-order valence-electron chi connectivity index (χ3n) is 6.07. The second-order valence-electron chi connectivity index (χ2n) is 8.21. The third kappa shape index (κ3) is 7.79. The highest BCUT2D eigenvalue weighted by molar-refractivity contribution is 14.0. The van der Waals surface area contributed by atoms with Crippen molar-refractivity contribution in [2.45, 2.75) is 63.8 Å². The number of hydrogen-bond acceptors (Lipinski definition) is 4. The van der Waals surface area contributed by atoms with Crippen LogP contribution in [0.3, 0.4) is 0 Å². The molecule has 0 amide bonds. The summed E-state index contributed by atoms with van der Waals surface area (Å²) in [7, 11) is 0. The molecule has 170 valence electrons. The van der Waals surface area contributed by atoms with Crippen molar-refractivity contribution in [1.29, 1.82) is 0 Å². The van der Waals surface area contributed by atoms with Crippen LogP contribution in [0.15, 0.2) is 29.3 Å². The number of nitrogens with zero attached hydrogens (tertiary/aromatic N) is 2. The summed E-state index contributed by atoms with van der Waals surface area (Å²) >= 11 is 2.09. The number of nitrogens with one attached hydrogen (secondary N) is 2. The van der Waals surface area contributed by atoms with Crippen molar-refractivity contribution in [3.63, 3.8) is 0 Å². The monoisotopic (exact) mass is 546 g/mol. The Hall–Kier alpha value is -0.670. The van der Waals surface area contributed by atoms with Crippen LogP contribution in [0.1, 0.15) is 51.5 Å². The Morgan fingerprint density at radius 2 is 1.87 bits per heavy atom. The molecule has 1 aromatic carbocycles. The number of halogens is 1. The molecule has 30 heavy (non-hydrogen) atoms. The molecule has 2 unspecified atom stereocenters. The number of thioether (sulfide) groups is 1. The van der Waals surface area contributed by atoms with Gasteiger partial charge in [-0.1, -0.05) is 19.1 Å². The van der Waals surface area contributed by atoms with Gasteiger partial charge in [-0.25, -0.2) is 4.99 Å². The maximum Gasteiger partial charge on any atom is 0.191 e. The fraction of sp³-hybridized carbons (Fsp3) is 0.696. The Bertz CT molecular complexity index is 635. The molecule has 1 saturated heterocycles. The van der Waals surface area contributed by atoms with E-state index < -0.39 is 0 Å². The SMILES string of the molecule is CCNC(=NCc1ccc(N2CCC(CO)CC2)cc1)NC1CCC(SCC)C1.I. The fourth-order valence-corrected chi connectivity index (χ4v) is 5.47. The van der Waals surface area contributed by atoms with E-state index in [4.69, 9.17) is 4.99 Å². The van der Waals surface area contributed by atoms with Gasteiger partial charge in [0, 0.05) is 43.2 Å². The normalized spacial score (nSPS) is 22.6. The number of hydrogen-bond donors (Lipinski definition) is 3. The molecule has 5 nitrogen and oxygen atoms in total. The van der Waals surface area contributed by atoms with Crippen LogP contribution in [-0.4, -0.2) is 54.4 Å². The lowest BCUT2D eigenvalue weighted by molar-refractivity contribution is 0.203. The number of aliphatic imine (C=N–C) groups is 1. The first-order chi connectivity index (χ1) is 14.2. The molecule has 7 heteroatoms. The first-order valence-corrected chi connectivity index (χ1v) is 12.4. The molecule has 1 aromatic rings. The summed E-state index contributed by atoms with van der Waals surface area (Å²) in [5.41, 5.74) is 2.52. The second kappa shape index (κ2) is 13.7. The van der Waals surface area contributed by atoms with Crippen LogP contribution in [0.5, 0.6) is 0 Å². The number of benzene rings is 1. The van der Waals surface area contributed by atoms with Crippen LogP contribution in [0.4, 0.5) is 5.69 Å². The quantitative estimate of drug-likeness (QED) is 0.259. The van der Waals surface area contributed by atoms with Gasteiger partial charge in [-0.2, -0.15) is 11.8 Å². The zero-order valence-electron chi connectivity index (χ0n) is 18.5. The summed E-state index contributed by atoms with van der Waals surface area (Å²) in [6.07, 6.45) is 5.96. The standard InChI is InChI=1S/C23H38N4OS.HI/c1-3-24-23(26-20-7-10-22(15-20)29-4-2)25-16-18-5-8-21(9-6-18)27-13-11-19(17-28)12-14-27;/h5-6,8-9,19-20,22,28H,3-4,7,10-17H2,1-2H3,(H2,24,25,26);1H. The van der Waals surface area contributed by atoms with Crippen LogP contribution in [0, 0.1) is 5.92 Å². The fourth-order valence-electron chi connectivity index (χ4n) is 4.33. The highest BCUT2D eigenvalue weighted by atomic mass is 127. The van der Waals surface area contributed by atoms with E-state index in [1.54, 1.807) is 0 Å². The Labute approximate surface area is 203 Å². The van der Waals surface area contributed by atoms with Crippen LogP contribution < -0.4 is 15.5 Å². The van der Waals surface area contributed by atoms with Gasteiger partial charge < -0.3 is 20.6 Å². The highest BCUT2D eigenvalue weighted by Gasteiger charge is 2.25. The first-order valence-electron chi connectivity index (χ1n) is 11.3. The van der Waals surface area contributed by atoms with Crippen molar-refractivity contribution in [2.75, 3.05) is 36.9 Å². The van der Waals surface area contributed by atoms with E-state index in [1.165, 1.54) is 36.3 Å². The summed E-state index contributed by atoms with van der Waals surface area (Å²) < 4.78 is 0. The lowest BCUT2D eigenvalue weighted by atomic mass is 9.97. The van der Waals surface area contributed by atoms with E-state index in [1.807, 2.05) is 0 Å². The maximum atomic E-state index is 9.31. The molecule has 3 rings (SSSR count). The van der Waals surface area contributed by atoms with Crippen molar-refractivity contribution in [2.24, 2.45) is 10.9 Å². The van der Waals surface area contributed by atoms with Gasteiger partial charge in [0.25, 0.3) is 0 Å². The molecule has 1 aliphatic heterocycles. The van der Waals surface area contributed by atoms with Crippen LogP contribution in [-0.2, 0) is 6.54 Å². The number of anilines is 1. The molecule has 1 saturated carbocycles. The van der Waals surface area contributed by atoms with Crippen molar-refractivity contribution in [3.8, 4) is 0 Å². The smallest absolute Gasteiger partial charge is 0.191 e. The summed E-state index contributed by atoms with van der Waals surface area (Å²) in [4.78, 5) is 7.25. The predicted octanol–water partition coefficient (Wildman–Crippen LogP) is 4.24. The van der Waals surface area contributed by atoms with Gasteiger partial charge in [-0.15, -0.1) is 24.0 Å². The van der Waals surface area contributed by atoms with Crippen LogP contribution in [0.25, 0.3) is 0 Å². The van der Waals surface area contributed by atoms with E-state index in [0.717, 1.165) is 43.7 Å². The van der Waals surface area contributed by atoms with Crippen LogP contribution in [0.2, 0.25) is 0 Å². The minimum atomic E-state index is 0. The number of aliphatic hydroxyl groups excluding tert-OH is 1. The predicted molar refractivity (Wildman–Crippen MR) is 141 cm³/mol. The molecule has 2 aliphatic rings. The van der Waals surface area contributed by atoms with Crippen molar-refractivity contribution in [3.05, 3.63) is 29.8 Å². The number of aliphatic hydroxyl groups is 1. The van der Waals surface area contributed by atoms with Gasteiger partial charge in [0.2, 0.25) is 0 Å². The van der Waals surface area contributed by atoms with Crippen molar-refractivity contribution in [1.82, 2.24) is 10.6 Å². The molecule has 2 atom stereocenters. The molecule has 0 aromatic heterocycles. The number of rotatable bonds is 8. The maximum absolute atomic E-state index is 9.31. The molecule has 0 spiro atoms. The zero-order valence-corrected chi connectivity index (χ0v) is 21.6. The molecular formula is C23H39IN4OS. The van der Waals surface area contributed by atoms with E-state index in [2.05, 4.69) is 65.4 Å². The van der Waals surface area contributed by atoms with Gasteiger partial charge in [0.15, 0.2) is 5.96 Å². The Morgan fingerprint density at radius 1 is 1.13 bits per heavy atom. The average molecular weight is 547 g/mol. The summed E-state index contributed by atoms with van der Waals surface area (Å²) in [6.45, 7) is 8.35. The number of piperidine rings is 1. The van der Waals surface area contributed by atoms with Crippen LogP contribution >= 0.6 is 35.7 Å². The summed E-state index contributed by atoms with van der Waals surface area (Å²) in [5, 5.41) is 17.2. The molecule has 3 N–H and O–H groups in total. The van der Waals surface area contributed by atoms with Gasteiger partial charge in [0.05, 0.1) is 6.54 Å². The Balaban J connectivity index is 0.00000320. The minimum Gasteiger partial charge on any atom is -0.396 e. The van der Waals surface area contributed by atoms with Gasteiger partial charge in [-0.3, -0.25) is 0 Å². The van der Waals surface area contributed by atoms with E-state index in [0.29, 0.717) is 25.1 Å². The molecule has 2 fully saturated rings. The minimum absolute atomic E-state index is 0. The lowest BCUT2D eigenvalue weighted by Crippen LogP contribution is -2.42. The highest BCUT2D eigenvalue weighted by Crippen LogP contribution is 2.29. The van der Waals surface area contributed by atoms with Crippen molar-refractivity contribution >= 4 is 47.4 Å². The van der Waals surface area contributed by atoms with Gasteiger partial charge in [-0.05, 0) is 68.4 Å². The number of guanidine groups is 1. The van der Waals surface area contributed by atoms with E-state index in [9.17, 15) is 5.11 Å². The second-order valence-corrected chi connectivity index (χ2v) is 9.78. The largest absolute Gasteiger partial charge is 0.396 e.